The van der Waals surface area contributed by atoms with Crippen molar-refractivity contribution in [2.24, 2.45) is 0 Å². The van der Waals surface area contributed by atoms with Crippen LogP contribution in [0.2, 0.25) is 0 Å². The molecule has 1 aromatic carbocycles. The summed E-state index contributed by atoms with van der Waals surface area (Å²) in [5.41, 5.74) is 2.73. The number of aromatic nitrogens is 2. The lowest BCUT2D eigenvalue weighted by atomic mass is 10.1. The molecule has 2 heterocycles. The lowest BCUT2D eigenvalue weighted by Gasteiger charge is -2.08. The van der Waals surface area contributed by atoms with Gasteiger partial charge >= 0.3 is 0 Å². The minimum atomic E-state index is 0.398. The molecule has 0 atom stereocenters. The Morgan fingerprint density at radius 3 is 2.76 bits per heavy atom. The molecule has 3 rings (SSSR count). The number of hydrogen-bond donors (Lipinski definition) is 1. The van der Waals surface area contributed by atoms with E-state index in [9.17, 15) is 5.26 Å². The molecule has 0 spiro atoms. The largest absolute Gasteiger partial charge is 0.370 e. The highest BCUT2D eigenvalue weighted by molar-refractivity contribution is 5.85. The number of nitrogens with zero attached hydrogens (tertiary/aromatic N) is 3. The molecule has 0 radical (unpaired) electrons. The van der Waals surface area contributed by atoms with Crippen molar-refractivity contribution >= 4 is 16.7 Å². The van der Waals surface area contributed by atoms with Gasteiger partial charge in [0.1, 0.15) is 11.9 Å². The summed E-state index contributed by atoms with van der Waals surface area (Å²) in [5, 5.41) is 13.5. The zero-order valence-corrected chi connectivity index (χ0v) is 11.7. The molecule has 0 saturated carbocycles. The van der Waals surface area contributed by atoms with Gasteiger partial charge in [0.05, 0.1) is 11.2 Å². The number of rotatable bonds is 3. The van der Waals surface area contributed by atoms with Crippen LogP contribution in [0.25, 0.3) is 22.2 Å². The van der Waals surface area contributed by atoms with Crippen molar-refractivity contribution in [1.82, 2.24) is 9.97 Å². The Hall–Kier alpha value is -2.93. The van der Waals surface area contributed by atoms with Gasteiger partial charge in [-0.15, -0.1) is 0 Å². The number of para-hydroxylation sites is 1. The molecule has 0 saturated heterocycles. The Kier molecular flexibility index (Phi) is 3.48. The smallest absolute Gasteiger partial charge is 0.150 e. The third-order valence-corrected chi connectivity index (χ3v) is 3.21. The zero-order valence-electron chi connectivity index (χ0n) is 11.7. The Bertz CT molecular complexity index is 834. The third-order valence-electron chi connectivity index (χ3n) is 3.21. The second kappa shape index (κ2) is 5.59. The maximum Gasteiger partial charge on any atom is 0.150 e. The van der Waals surface area contributed by atoms with Crippen molar-refractivity contribution in [3.63, 3.8) is 0 Å². The van der Waals surface area contributed by atoms with Crippen LogP contribution in [-0.4, -0.2) is 16.5 Å². The molecule has 0 bridgehead atoms. The predicted molar refractivity (Wildman–Crippen MR) is 83.9 cm³/mol. The average Bonchev–Trinajstić information content (AvgIpc) is 2.54. The number of nitrogens with one attached hydrogen (secondary N) is 1. The van der Waals surface area contributed by atoms with Gasteiger partial charge < -0.3 is 5.32 Å². The minimum Gasteiger partial charge on any atom is -0.370 e. The van der Waals surface area contributed by atoms with Crippen LogP contribution >= 0.6 is 0 Å². The third kappa shape index (κ3) is 2.54. The average molecular weight is 274 g/mol. The molecule has 0 aliphatic rings. The fourth-order valence-electron chi connectivity index (χ4n) is 2.26. The molecule has 1 N–H and O–H groups in total. The molecule has 4 nitrogen and oxygen atoms in total. The van der Waals surface area contributed by atoms with Crippen molar-refractivity contribution in [2.75, 3.05) is 11.9 Å². The molecule has 102 valence electrons. The van der Waals surface area contributed by atoms with E-state index >= 15 is 0 Å². The van der Waals surface area contributed by atoms with E-state index < -0.39 is 0 Å². The number of anilines is 1. The topological polar surface area (TPSA) is 61.6 Å². The maximum atomic E-state index is 9.36. The standard InChI is InChI=1S/C17H14N4/c1-2-19-17-9-5-8-15(21-17)13-10-12-6-3-4-7-14(12)20-16(13)11-18/h3-10H,2H2,1H3,(H,19,21). The van der Waals surface area contributed by atoms with E-state index in [1.54, 1.807) is 0 Å². The highest BCUT2D eigenvalue weighted by atomic mass is 15.0. The van der Waals surface area contributed by atoms with E-state index in [1.807, 2.05) is 55.5 Å². The summed E-state index contributed by atoms with van der Waals surface area (Å²) >= 11 is 0. The van der Waals surface area contributed by atoms with Crippen molar-refractivity contribution in [3.8, 4) is 17.3 Å². The van der Waals surface area contributed by atoms with Gasteiger partial charge in [-0.05, 0) is 31.2 Å². The summed E-state index contributed by atoms with van der Waals surface area (Å²) in [7, 11) is 0. The van der Waals surface area contributed by atoms with Crippen molar-refractivity contribution in [3.05, 3.63) is 54.2 Å². The van der Waals surface area contributed by atoms with Gasteiger partial charge in [0.2, 0.25) is 0 Å². The molecular weight excluding hydrogens is 260 g/mol. The van der Waals surface area contributed by atoms with E-state index in [0.717, 1.165) is 34.5 Å². The quantitative estimate of drug-likeness (QED) is 0.792. The van der Waals surface area contributed by atoms with Crippen LogP contribution in [-0.2, 0) is 0 Å². The molecule has 0 aliphatic carbocycles. The minimum absolute atomic E-state index is 0.398. The second-order valence-electron chi connectivity index (χ2n) is 4.63. The molecule has 2 aromatic heterocycles. The van der Waals surface area contributed by atoms with E-state index in [4.69, 9.17) is 0 Å². The van der Waals surface area contributed by atoms with Crippen molar-refractivity contribution in [2.45, 2.75) is 6.92 Å². The summed E-state index contributed by atoms with van der Waals surface area (Å²) in [6.45, 7) is 2.82. The summed E-state index contributed by atoms with van der Waals surface area (Å²) in [6, 6.07) is 17.6. The molecule has 4 heteroatoms. The van der Waals surface area contributed by atoms with E-state index in [0.29, 0.717) is 5.69 Å². The van der Waals surface area contributed by atoms with E-state index in [-0.39, 0.29) is 0 Å². The van der Waals surface area contributed by atoms with E-state index in [2.05, 4.69) is 21.4 Å². The predicted octanol–water partition coefficient (Wildman–Crippen LogP) is 3.60. The fraction of sp³-hybridized carbons (Fsp3) is 0.118. The van der Waals surface area contributed by atoms with Crippen LogP contribution in [0.1, 0.15) is 12.6 Å². The Labute approximate surface area is 123 Å². The molecule has 3 aromatic rings. The van der Waals surface area contributed by atoms with Crippen LogP contribution < -0.4 is 5.32 Å². The Morgan fingerprint density at radius 2 is 1.95 bits per heavy atom. The molecule has 0 amide bonds. The van der Waals surface area contributed by atoms with E-state index in [1.165, 1.54) is 0 Å². The van der Waals surface area contributed by atoms with Gasteiger partial charge in [-0.25, -0.2) is 9.97 Å². The van der Waals surface area contributed by atoms with Crippen LogP contribution in [0.5, 0.6) is 0 Å². The van der Waals surface area contributed by atoms with Gasteiger partial charge in [0, 0.05) is 17.5 Å². The molecule has 0 unspecified atom stereocenters. The van der Waals surface area contributed by atoms with Crippen LogP contribution in [0, 0.1) is 11.3 Å². The first-order valence-electron chi connectivity index (χ1n) is 6.83. The van der Waals surface area contributed by atoms with Gasteiger partial charge in [0.15, 0.2) is 5.69 Å². The lowest BCUT2D eigenvalue weighted by molar-refractivity contribution is 1.16. The number of nitriles is 1. The maximum absolute atomic E-state index is 9.36. The number of hydrogen-bond acceptors (Lipinski definition) is 4. The number of benzene rings is 1. The normalized spacial score (nSPS) is 10.3. The van der Waals surface area contributed by atoms with Crippen molar-refractivity contribution < 1.29 is 0 Å². The molecule has 21 heavy (non-hydrogen) atoms. The Balaban J connectivity index is 2.19. The monoisotopic (exact) mass is 274 g/mol. The SMILES string of the molecule is CCNc1cccc(-c2cc3ccccc3nc2C#N)n1. The summed E-state index contributed by atoms with van der Waals surface area (Å²) in [6.07, 6.45) is 0. The van der Waals surface area contributed by atoms with Gasteiger partial charge in [-0.3, -0.25) is 0 Å². The first-order valence-corrected chi connectivity index (χ1v) is 6.83. The molecule has 0 fully saturated rings. The number of pyridine rings is 2. The zero-order chi connectivity index (χ0) is 14.7. The van der Waals surface area contributed by atoms with Crippen LogP contribution in [0.4, 0.5) is 5.82 Å². The van der Waals surface area contributed by atoms with Crippen LogP contribution in [0.15, 0.2) is 48.5 Å². The first-order chi connectivity index (χ1) is 10.3. The van der Waals surface area contributed by atoms with Crippen LogP contribution in [0.3, 0.4) is 0 Å². The first kappa shape index (κ1) is 13.1. The summed E-state index contributed by atoms with van der Waals surface area (Å²) in [5.74, 6) is 0.798. The van der Waals surface area contributed by atoms with Gasteiger partial charge in [0.25, 0.3) is 0 Å². The Morgan fingerprint density at radius 1 is 1.10 bits per heavy atom. The summed E-state index contributed by atoms with van der Waals surface area (Å²) < 4.78 is 0. The fourth-order valence-corrected chi connectivity index (χ4v) is 2.26. The molecule has 0 aliphatic heterocycles. The second-order valence-corrected chi connectivity index (χ2v) is 4.63. The molecular formula is C17H14N4. The number of fused-ring (bicyclic) bond motifs is 1. The van der Waals surface area contributed by atoms with Crippen molar-refractivity contribution in [1.29, 1.82) is 5.26 Å². The van der Waals surface area contributed by atoms with Gasteiger partial charge in [-0.1, -0.05) is 24.3 Å². The highest BCUT2D eigenvalue weighted by Crippen LogP contribution is 2.25. The summed E-state index contributed by atoms with van der Waals surface area (Å²) in [4.78, 5) is 8.97. The lowest BCUT2D eigenvalue weighted by Crippen LogP contribution is -2.00. The van der Waals surface area contributed by atoms with Gasteiger partial charge in [-0.2, -0.15) is 5.26 Å². The highest BCUT2D eigenvalue weighted by Gasteiger charge is 2.10.